The number of nitrogens with zero attached hydrogens (tertiary/aromatic N) is 3. The lowest BCUT2D eigenvalue weighted by atomic mass is 10.0. The van der Waals surface area contributed by atoms with Gasteiger partial charge in [0.25, 0.3) is 0 Å². The number of halogens is 1. The second kappa shape index (κ2) is 6.37. The van der Waals surface area contributed by atoms with Crippen LogP contribution < -0.4 is 5.73 Å². The van der Waals surface area contributed by atoms with Gasteiger partial charge in [-0.1, -0.05) is 37.6 Å². The Balaban J connectivity index is 2.51. The van der Waals surface area contributed by atoms with Gasteiger partial charge in [-0.25, -0.2) is 9.67 Å². The highest BCUT2D eigenvalue weighted by Crippen LogP contribution is 2.25. The Kier molecular flexibility index (Phi) is 4.78. The Morgan fingerprint density at radius 2 is 2.05 bits per heavy atom. The van der Waals surface area contributed by atoms with Crippen LogP contribution in [0.5, 0.6) is 0 Å². The normalized spacial score (nSPS) is 14.2. The van der Waals surface area contributed by atoms with Crippen LogP contribution >= 0.6 is 11.6 Å². The van der Waals surface area contributed by atoms with E-state index in [4.69, 9.17) is 17.3 Å². The molecule has 0 bridgehead atoms. The molecule has 2 N–H and O–H groups in total. The third-order valence-electron chi connectivity index (χ3n) is 3.33. The molecule has 2 unspecified atom stereocenters. The van der Waals surface area contributed by atoms with E-state index in [1.54, 1.807) is 0 Å². The summed E-state index contributed by atoms with van der Waals surface area (Å²) in [7, 11) is 0. The Hall–Kier alpha value is -1.39. The van der Waals surface area contributed by atoms with Gasteiger partial charge in [-0.2, -0.15) is 5.10 Å². The highest BCUT2D eigenvalue weighted by atomic mass is 35.5. The van der Waals surface area contributed by atoms with Crippen molar-refractivity contribution in [1.82, 2.24) is 14.8 Å². The number of hydrogen-bond acceptors (Lipinski definition) is 3. The minimum atomic E-state index is -0.0785. The summed E-state index contributed by atoms with van der Waals surface area (Å²) < 4.78 is 1.95. The molecule has 1 aromatic heterocycles. The second-order valence-electron chi connectivity index (χ2n) is 4.95. The Bertz CT molecular complexity index is 577. The van der Waals surface area contributed by atoms with E-state index in [-0.39, 0.29) is 12.1 Å². The first-order chi connectivity index (χ1) is 9.56. The standard InChI is InChI=1S/C15H21ClN4/c1-4-13-18-14(5-2)20(19-13)15(10(3)17)11-7-6-8-12(16)9-11/h6-10,15H,4-5,17H2,1-3H3. The number of nitrogens with two attached hydrogens (primary N) is 1. The van der Waals surface area contributed by atoms with E-state index in [9.17, 15) is 0 Å². The van der Waals surface area contributed by atoms with E-state index < -0.39 is 0 Å². The quantitative estimate of drug-likeness (QED) is 0.921. The molecule has 0 aliphatic rings. The zero-order valence-corrected chi connectivity index (χ0v) is 12.9. The molecule has 0 amide bonds. The average molecular weight is 293 g/mol. The highest BCUT2D eigenvalue weighted by molar-refractivity contribution is 6.30. The predicted molar refractivity (Wildman–Crippen MR) is 82.0 cm³/mol. The van der Waals surface area contributed by atoms with Gasteiger partial charge < -0.3 is 5.73 Å². The molecule has 5 heteroatoms. The fourth-order valence-corrected chi connectivity index (χ4v) is 2.57. The van der Waals surface area contributed by atoms with E-state index in [2.05, 4.69) is 23.9 Å². The monoisotopic (exact) mass is 292 g/mol. The third kappa shape index (κ3) is 3.02. The molecule has 2 atom stereocenters. The van der Waals surface area contributed by atoms with E-state index in [0.29, 0.717) is 5.02 Å². The molecule has 4 nitrogen and oxygen atoms in total. The molecule has 108 valence electrons. The summed E-state index contributed by atoms with van der Waals surface area (Å²) in [6.07, 6.45) is 1.65. The molecule has 0 saturated carbocycles. The van der Waals surface area contributed by atoms with Gasteiger partial charge in [-0.05, 0) is 24.6 Å². The van der Waals surface area contributed by atoms with Crippen LogP contribution in [-0.4, -0.2) is 20.8 Å². The number of benzene rings is 1. The minimum Gasteiger partial charge on any atom is -0.326 e. The van der Waals surface area contributed by atoms with Crippen LogP contribution in [0.15, 0.2) is 24.3 Å². The molecule has 2 aromatic rings. The summed E-state index contributed by atoms with van der Waals surface area (Å²) in [5, 5.41) is 5.32. The Morgan fingerprint density at radius 1 is 1.30 bits per heavy atom. The average Bonchev–Trinajstić information content (AvgIpc) is 2.81. The maximum atomic E-state index is 6.19. The minimum absolute atomic E-state index is 0.0450. The highest BCUT2D eigenvalue weighted by Gasteiger charge is 2.23. The molecule has 0 aliphatic heterocycles. The van der Waals surface area contributed by atoms with E-state index in [1.807, 2.05) is 35.9 Å². The molecular weight excluding hydrogens is 272 g/mol. The van der Waals surface area contributed by atoms with Gasteiger partial charge in [-0.3, -0.25) is 0 Å². The van der Waals surface area contributed by atoms with Gasteiger partial charge in [0.1, 0.15) is 5.82 Å². The molecule has 0 spiro atoms. The molecule has 1 heterocycles. The smallest absolute Gasteiger partial charge is 0.150 e. The first kappa shape index (κ1) is 15.0. The lowest BCUT2D eigenvalue weighted by Crippen LogP contribution is -2.32. The van der Waals surface area contributed by atoms with Crippen molar-refractivity contribution in [2.45, 2.75) is 45.7 Å². The SMILES string of the molecule is CCc1nc(CC)n(C(c2cccc(Cl)c2)C(C)N)n1. The number of hydrogen-bond donors (Lipinski definition) is 1. The second-order valence-corrected chi connectivity index (χ2v) is 5.39. The molecular formula is C15H21ClN4. The van der Waals surface area contributed by atoms with Crippen LogP contribution in [-0.2, 0) is 12.8 Å². The summed E-state index contributed by atoms with van der Waals surface area (Å²) in [6, 6.07) is 7.66. The summed E-state index contributed by atoms with van der Waals surface area (Å²) in [5.41, 5.74) is 7.26. The maximum Gasteiger partial charge on any atom is 0.150 e. The van der Waals surface area contributed by atoms with Crippen molar-refractivity contribution in [2.24, 2.45) is 5.73 Å². The van der Waals surface area contributed by atoms with Crippen molar-refractivity contribution < 1.29 is 0 Å². The first-order valence-electron chi connectivity index (χ1n) is 7.02. The fraction of sp³-hybridized carbons (Fsp3) is 0.467. The molecule has 2 rings (SSSR count). The molecule has 20 heavy (non-hydrogen) atoms. The van der Waals surface area contributed by atoms with Crippen LogP contribution in [0.3, 0.4) is 0 Å². The number of aryl methyl sites for hydroxylation is 2. The first-order valence-corrected chi connectivity index (χ1v) is 7.39. The number of aromatic nitrogens is 3. The summed E-state index contributed by atoms with van der Waals surface area (Å²) >= 11 is 6.10. The topological polar surface area (TPSA) is 56.7 Å². The summed E-state index contributed by atoms with van der Waals surface area (Å²) in [4.78, 5) is 4.56. The lowest BCUT2D eigenvalue weighted by Gasteiger charge is -2.23. The van der Waals surface area contributed by atoms with Crippen LogP contribution in [0, 0.1) is 0 Å². The maximum absolute atomic E-state index is 6.19. The van der Waals surface area contributed by atoms with Crippen LogP contribution in [0.1, 0.15) is 44.0 Å². The van der Waals surface area contributed by atoms with Gasteiger partial charge in [-0.15, -0.1) is 0 Å². The van der Waals surface area contributed by atoms with Crippen molar-refractivity contribution in [3.8, 4) is 0 Å². The van der Waals surface area contributed by atoms with Crippen molar-refractivity contribution >= 4 is 11.6 Å². The molecule has 0 fully saturated rings. The lowest BCUT2D eigenvalue weighted by molar-refractivity contribution is 0.436. The molecule has 0 saturated heterocycles. The van der Waals surface area contributed by atoms with Crippen molar-refractivity contribution in [1.29, 1.82) is 0 Å². The van der Waals surface area contributed by atoms with Crippen LogP contribution in [0.4, 0.5) is 0 Å². The van der Waals surface area contributed by atoms with Gasteiger partial charge in [0.05, 0.1) is 6.04 Å². The van der Waals surface area contributed by atoms with E-state index in [0.717, 1.165) is 30.1 Å². The third-order valence-corrected chi connectivity index (χ3v) is 3.56. The Labute approximate surface area is 125 Å². The van der Waals surface area contributed by atoms with Crippen molar-refractivity contribution in [3.63, 3.8) is 0 Å². The van der Waals surface area contributed by atoms with Crippen molar-refractivity contribution in [2.75, 3.05) is 0 Å². The van der Waals surface area contributed by atoms with Gasteiger partial charge in [0.2, 0.25) is 0 Å². The zero-order chi connectivity index (χ0) is 14.7. The number of rotatable bonds is 5. The molecule has 1 aromatic carbocycles. The summed E-state index contributed by atoms with van der Waals surface area (Å²) in [6.45, 7) is 6.12. The van der Waals surface area contributed by atoms with Crippen LogP contribution in [0.2, 0.25) is 5.02 Å². The van der Waals surface area contributed by atoms with E-state index >= 15 is 0 Å². The largest absolute Gasteiger partial charge is 0.326 e. The van der Waals surface area contributed by atoms with E-state index in [1.165, 1.54) is 0 Å². The van der Waals surface area contributed by atoms with Crippen LogP contribution in [0.25, 0.3) is 0 Å². The summed E-state index contributed by atoms with van der Waals surface area (Å²) in [5.74, 6) is 1.82. The Morgan fingerprint density at radius 3 is 2.60 bits per heavy atom. The fourth-order valence-electron chi connectivity index (χ4n) is 2.38. The molecule has 0 aliphatic carbocycles. The van der Waals surface area contributed by atoms with Gasteiger partial charge in [0.15, 0.2) is 5.82 Å². The predicted octanol–water partition coefficient (Wildman–Crippen LogP) is 2.99. The molecule has 0 radical (unpaired) electrons. The van der Waals surface area contributed by atoms with Crippen molar-refractivity contribution in [3.05, 3.63) is 46.5 Å². The zero-order valence-electron chi connectivity index (χ0n) is 12.2. The van der Waals surface area contributed by atoms with Gasteiger partial charge in [0, 0.05) is 23.9 Å². The van der Waals surface area contributed by atoms with Gasteiger partial charge >= 0.3 is 0 Å².